The van der Waals surface area contributed by atoms with Crippen molar-refractivity contribution in [2.24, 2.45) is 0 Å². The summed E-state index contributed by atoms with van der Waals surface area (Å²) in [5.74, 6) is 0. The maximum absolute atomic E-state index is 6.25. The van der Waals surface area contributed by atoms with Gasteiger partial charge in [-0.3, -0.25) is 0 Å². The van der Waals surface area contributed by atoms with Crippen LogP contribution in [0, 0.1) is 71.0 Å². The van der Waals surface area contributed by atoms with Crippen LogP contribution in [0.15, 0.2) is 0 Å². The third-order valence-electron chi connectivity index (χ3n) is 0. The molecular formula is C6CuFeKN6-5. The summed E-state index contributed by atoms with van der Waals surface area (Å²) in [5.41, 5.74) is 0. The zero-order valence-electron chi connectivity index (χ0n) is 7.34. The predicted molar refractivity (Wildman–Crippen MR) is 29.8 cm³/mol. The summed E-state index contributed by atoms with van der Waals surface area (Å²) in [7, 11) is 0. The van der Waals surface area contributed by atoms with E-state index in [1.54, 1.807) is 0 Å². The maximum atomic E-state index is 6.25. The van der Waals surface area contributed by atoms with Gasteiger partial charge >= 0.3 is 78.7 Å². The van der Waals surface area contributed by atoms with Gasteiger partial charge in [0.05, 0.1) is 0 Å². The minimum absolute atomic E-state index is 0. The Bertz CT molecular complexity index is 114. The number of rotatable bonds is 0. The minimum atomic E-state index is 0. The van der Waals surface area contributed by atoms with E-state index in [9.17, 15) is 0 Å². The summed E-state index contributed by atoms with van der Waals surface area (Å²) in [6, 6.07) is 0. The third kappa shape index (κ3) is 12400. The van der Waals surface area contributed by atoms with Crippen LogP contribution in [0.2, 0.25) is 0 Å². The Morgan fingerprint density at radius 1 is 0.467 bits per heavy atom. The minimum Gasteiger partial charge on any atom is 1.00 e. The van der Waals surface area contributed by atoms with E-state index in [1.807, 2.05) is 0 Å². The molecule has 0 atom stereocenters. The van der Waals surface area contributed by atoms with E-state index in [0.29, 0.717) is 0 Å². The van der Waals surface area contributed by atoms with Crippen molar-refractivity contribution < 1.29 is 78.7 Å². The van der Waals surface area contributed by atoms with Gasteiger partial charge in [0.15, 0.2) is 0 Å². The molecule has 0 rings (SSSR count). The van der Waals surface area contributed by atoms with Crippen LogP contribution in [-0.2, 0) is 27.3 Å². The van der Waals surface area contributed by atoms with Gasteiger partial charge in [0, 0.05) is 0 Å². The van der Waals surface area contributed by atoms with Crippen molar-refractivity contribution in [2.45, 2.75) is 0 Å². The third-order valence-corrected chi connectivity index (χ3v) is 0. The predicted octanol–water partition coefficient (Wildman–Crippen LogP) is -2.42. The van der Waals surface area contributed by atoms with E-state index in [1.165, 1.54) is 0 Å². The van der Waals surface area contributed by atoms with Crippen LogP contribution in [0.25, 0.3) is 0 Å². The summed E-state index contributed by atoms with van der Waals surface area (Å²) >= 11 is 6.75. The largest absolute Gasteiger partial charge is 1.00 e. The van der Waals surface area contributed by atoms with Crippen LogP contribution < -0.4 is 51.4 Å². The second kappa shape index (κ2) is 14600. The Morgan fingerprint density at radius 2 is 0.467 bits per heavy atom. The molecule has 0 amide bonds. The zero-order valence-corrected chi connectivity index (χ0v) is 12.5. The molecule has 0 aliphatic carbocycles. The fourth-order valence-electron chi connectivity index (χ4n) is 0. The summed E-state index contributed by atoms with van der Waals surface area (Å²) in [6.45, 7) is 28.5. The van der Waals surface area contributed by atoms with Gasteiger partial charge in [-0.05, 0) is 0 Å². The number of hydrogen-bond donors (Lipinski definition) is 0. The molecule has 0 saturated heterocycles. The Balaban J connectivity index is -0.00000000628. The van der Waals surface area contributed by atoms with Gasteiger partial charge in [0.25, 0.3) is 0 Å². The van der Waals surface area contributed by atoms with E-state index >= 15 is 0 Å². The molecule has 0 aromatic heterocycles. The van der Waals surface area contributed by atoms with Crippen molar-refractivity contribution in [3.63, 3.8) is 0 Å². The Labute approximate surface area is 147 Å². The summed E-state index contributed by atoms with van der Waals surface area (Å²) in [6.07, 6.45) is 0. The Hall–Kier alpha value is -0.385. The molecule has 0 aliphatic heterocycles. The molecule has 0 N–H and O–H groups in total. The quantitative estimate of drug-likeness (QED) is 0.359. The molecule has 0 radical (unpaired) electrons. The zero-order chi connectivity index (χ0) is 14.0. The topological polar surface area (TPSA) is 143 Å². The van der Waals surface area contributed by atoms with Crippen LogP contribution in [0.1, 0.15) is 0 Å². The van der Waals surface area contributed by atoms with Gasteiger partial charge < -0.3 is 71.0 Å². The molecule has 0 heterocycles. The second-order valence-corrected chi connectivity index (χ2v) is 0. The molecule has 79 valence electrons. The molecule has 0 spiro atoms. The van der Waals surface area contributed by atoms with Crippen molar-refractivity contribution in [1.29, 1.82) is 31.6 Å². The molecule has 0 saturated carbocycles. The molecule has 0 aromatic rings. The van der Waals surface area contributed by atoms with E-state index in [0.717, 1.165) is 0 Å². The molecule has 9 heteroatoms. The molecule has 0 fully saturated rings. The molecule has 0 unspecified atom stereocenters. The second-order valence-electron chi connectivity index (χ2n) is 0. The fourth-order valence-corrected chi connectivity index (χ4v) is 0. The smallest absolute Gasteiger partial charge is 1.00 e. The van der Waals surface area contributed by atoms with Gasteiger partial charge in [-0.2, -0.15) is 0 Å². The molecule has 0 bridgehead atoms. The van der Waals surface area contributed by atoms with Gasteiger partial charge in [-0.1, -0.05) is 0 Å². The Kier molecular flexibility index (Phi) is 60400. The average molecular weight is 315 g/mol. The molecule has 6 nitrogen and oxygen atoms in total. The van der Waals surface area contributed by atoms with Gasteiger partial charge in [-0.15, -0.1) is 0 Å². The van der Waals surface area contributed by atoms with Crippen LogP contribution in [0.4, 0.5) is 0 Å². The SMILES string of the molecule is [C-]#N.[C-]#N.[C-]#N.[C-]#N.[C-]#N.[C-]#N.[Fe]=[Cu].[K+]. The first-order valence-electron chi connectivity index (χ1n) is 1.45. The van der Waals surface area contributed by atoms with Crippen LogP contribution in [-0.4, -0.2) is 0 Å². The summed E-state index contributed by atoms with van der Waals surface area (Å²) in [4.78, 5) is 0. The van der Waals surface area contributed by atoms with Crippen LogP contribution >= 0.6 is 0 Å². The van der Waals surface area contributed by atoms with E-state index in [2.05, 4.69) is 27.3 Å². The average Bonchev–Trinajstić information content (AvgIpc) is 2.45. The van der Waals surface area contributed by atoms with E-state index in [-0.39, 0.29) is 51.4 Å². The monoisotopic (exact) mass is 314 g/mol. The van der Waals surface area contributed by atoms with Crippen LogP contribution in [0.3, 0.4) is 0 Å². The Morgan fingerprint density at radius 3 is 0.467 bits per heavy atom. The van der Waals surface area contributed by atoms with E-state index in [4.69, 9.17) is 71.0 Å². The first-order chi connectivity index (χ1) is 7.00. The standard InChI is InChI=1S/6CN.Cu.Fe.K/c6*1-2;;;/q6*-1;;;+1. The van der Waals surface area contributed by atoms with Gasteiger partial charge in [0.2, 0.25) is 0 Å². The summed E-state index contributed by atoms with van der Waals surface area (Å²) < 4.78 is 0. The van der Waals surface area contributed by atoms with Crippen molar-refractivity contribution in [3.05, 3.63) is 39.4 Å². The number of hydrogen-bond acceptors (Lipinski definition) is 6. The van der Waals surface area contributed by atoms with Crippen LogP contribution in [0.5, 0.6) is 0 Å². The fraction of sp³-hybridized carbons (Fsp3) is 0. The van der Waals surface area contributed by atoms with E-state index < -0.39 is 0 Å². The molecule has 0 aliphatic rings. The maximum Gasteiger partial charge on any atom is 1.00 e. The normalized spacial score (nSPS) is 1.27. The first-order valence-corrected chi connectivity index (χ1v) is 3.15. The van der Waals surface area contributed by atoms with Gasteiger partial charge in [-0.25, -0.2) is 0 Å². The first kappa shape index (κ1) is 61.9. The van der Waals surface area contributed by atoms with Crippen molar-refractivity contribution in [3.8, 4) is 0 Å². The van der Waals surface area contributed by atoms with Gasteiger partial charge in [0.1, 0.15) is 0 Å². The number of nitrogens with zero attached hydrogens (tertiary/aromatic N) is 6. The van der Waals surface area contributed by atoms with Crippen molar-refractivity contribution in [1.82, 2.24) is 0 Å². The molecule has 15 heavy (non-hydrogen) atoms. The molecule has 0 aromatic carbocycles. The summed E-state index contributed by atoms with van der Waals surface area (Å²) in [5, 5.41) is 37.5. The van der Waals surface area contributed by atoms with Crippen molar-refractivity contribution in [2.75, 3.05) is 0 Å². The van der Waals surface area contributed by atoms with Crippen molar-refractivity contribution >= 4 is 0 Å². The molecular weight excluding hydrogens is 315 g/mol.